The van der Waals surface area contributed by atoms with Crippen LogP contribution >= 0.6 is 0 Å². The van der Waals surface area contributed by atoms with Gasteiger partial charge in [0.2, 0.25) is 5.88 Å². The molecule has 2 saturated heterocycles. The number of amides is 3. The fraction of sp³-hybridized carbons (Fsp3) is 0.579. The Bertz CT molecular complexity index is 793. The average molecular weight is 371 g/mol. The van der Waals surface area contributed by atoms with Crippen molar-refractivity contribution in [1.82, 2.24) is 14.8 Å². The third-order valence-electron chi connectivity index (χ3n) is 5.42. The number of carbonyl (C=O) groups excluding carboxylic acids is 2. The second-order valence-electron chi connectivity index (χ2n) is 7.50. The molecule has 0 N–H and O–H groups in total. The molecule has 3 rings (SSSR count). The van der Waals surface area contributed by atoms with Gasteiger partial charge in [-0.25, -0.2) is 9.78 Å². The van der Waals surface area contributed by atoms with Crippen molar-refractivity contribution < 1.29 is 14.3 Å². The van der Waals surface area contributed by atoms with E-state index in [4.69, 9.17) is 4.74 Å². The highest BCUT2D eigenvalue weighted by molar-refractivity contribution is 6.07. The second kappa shape index (κ2) is 7.06. The molecule has 0 aromatic carbocycles. The van der Waals surface area contributed by atoms with Crippen molar-refractivity contribution in [3.8, 4) is 11.9 Å². The number of anilines is 1. The molecule has 2 fully saturated rings. The minimum atomic E-state index is -0.781. The number of ether oxygens (including phenoxy) is 1. The molecule has 0 saturated carbocycles. The van der Waals surface area contributed by atoms with E-state index in [0.717, 1.165) is 5.69 Å². The average Bonchev–Trinajstić information content (AvgIpc) is 2.84. The van der Waals surface area contributed by atoms with Gasteiger partial charge in [-0.1, -0.05) is 13.8 Å². The third-order valence-corrected chi connectivity index (χ3v) is 5.42. The number of imide groups is 1. The molecule has 8 nitrogen and oxygen atoms in total. The highest BCUT2D eigenvalue weighted by Crippen LogP contribution is 2.39. The van der Waals surface area contributed by atoms with E-state index in [0.29, 0.717) is 43.9 Å². The minimum absolute atomic E-state index is 0.124. The first-order valence-electron chi connectivity index (χ1n) is 9.13. The van der Waals surface area contributed by atoms with Crippen LogP contribution in [0.1, 0.15) is 32.3 Å². The van der Waals surface area contributed by atoms with E-state index in [-0.39, 0.29) is 17.9 Å². The van der Waals surface area contributed by atoms with Crippen LogP contribution in [0.4, 0.5) is 10.5 Å². The Morgan fingerprint density at radius 3 is 2.56 bits per heavy atom. The number of methoxy groups -OCH3 is 1. The van der Waals surface area contributed by atoms with Crippen molar-refractivity contribution in [2.75, 3.05) is 38.7 Å². The van der Waals surface area contributed by atoms with Crippen LogP contribution in [0.25, 0.3) is 0 Å². The maximum absolute atomic E-state index is 12.9. The molecular formula is C19H25N5O3. The summed E-state index contributed by atoms with van der Waals surface area (Å²) in [6.45, 7) is 5.79. The summed E-state index contributed by atoms with van der Waals surface area (Å²) in [6.07, 6.45) is 2.68. The van der Waals surface area contributed by atoms with Crippen LogP contribution in [-0.2, 0) is 4.79 Å². The van der Waals surface area contributed by atoms with Crippen molar-refractivity contribution >= 4 is 17.6 Å². The van der Waals surface area contributed by atoms with Gasteiger partial charge in [0.05, 0.1) is 12.8 Å². The predicted molar refractivity (Wildman–Crippen MR) is 99.4 cm³/mol. The van der Waals surface area contributed by atoms with E-state index in [1.165, 1.54) is 12.0 Å². The fourth-order valence-electron chi connectivity index (χ4n) is 4.05. The molecule has 0 radical (unpaired) electrons. The summed E-state index contributed by atoms with van der Waals surface area (Å²) in [5, 5.41) is 9.51. The van der Waals surface area contributed by atoms with E-state index in [9.17, 15) is 14.9 Å². The van der Waals surface area contributed by atoms with Gasteiger partial charge in [-0.3, -0.25) is 9.69 Å². The molecule has 144 valence electrons. The molecule has 1 aromatic heterocycles. The summed E-state index contributed by atoms with van der Waals surface area (Å²) in [6, 6.07) is 3.74. The van der Waals surface area contributed by atoms with Gasteiger partial charge in [0.25, 0.3) is 5.91 Å². The monoisotopic (exact) mass is 371 g/mol. The van der Waals surface area contributed by atoms with Gasteiger partial charge in [0.15, 0.2) is 0 Å². The number of likely N-dealkylation sites (N-methyl/N-ethyl adjacent to an activating group) is 1. The van der Waals surface area contributed by atoms with E-state index >= 15 is 0 Å². The van der Waals surface area contributed by atoms with Gasteiger partial charge in [-0.05, 0) is 24.8 Å². The summed E-state index contributed by atoms with van der Waals surface area (Å²) < 4.78 is 5.19. The zero-order chi connectivity index (χ0) is 19.8. The first-order valence-corrected chi connectivity index (χ1v) is 9.13. The zero-order valence-corrected chi connectivity index (χ0v) is 16.2. The zero-order valence-electron chi connectivity index (χ0n) is 16.2. The SMILES string of the molecule is COc1nccc(N2CCC3(CC2)C(=O)N(C)C(=O)N3CC(C)C)c1C#N. The second-order valence-corrected chi connectivity index (χ2v) is 7.50. The number of aromatic nitrogens is 1. The van der Waals surface area contributed by atoms with Crippen molar-refractivity contribution in [3.63, 3.8) is 0 Å². The van der Waals surface area contributed by atoms with Gasteiger partial charge in [0, 0.05) is 32.9 Å². The number of hydrogen-bond donors (Lipinski definition) is 0. The first kappa shape index (κ1) is 19.0. The molecule has 0 bridgehead atoms. The first-order chi connectivity index (χ1) is 12.9. The lowest BCUT2D eigenvalue weighted by Gasteiger charge is -2.43. The maximum atomic E-state index is 12.9. The van der Waals surface area contributed by atoms with E-state index < -0.39 is 5.54 Å². The van der Waals surface area contributed by atoms with E-state index in [2.05, 4.69) is 16.0 Å². The number of piperidine rings is 1. The molecule has 3 amide bonds. The lowest BCUT2D eigenvalue weighted by atomic mass is 9.85. The molecule has 0 aliphatic carbocycles. The Kier molecular flexibility index (Phi) is 4.96. The van der Waals surface area contributed by atoms with Crippen LogP contribution in [0.2, 0.25) is 0 Å². The molecule has 27 heavy (non-hydrogen) atoms. The number of urea groups is 1. The molecule has 0 atom stereocenters. The van der Waals surface area contributed by atoms with Gasteiger partial charge in [0.1, 0.15) is 17.2 Å². The van der Waals surface area contributed by atoms with Gasteiger partial charge in [-0.15, -0.1) is 0 Å². The Balaban J connectivity index is 1.87. The molecule has 0 unspecified atom stereocenters. The molecule has 3 heterocycles. The van der Waals surface area contributed by atoms with Crippen molar-refractivity contribution in [3.05, 3.63) is 17.8 Å². The van der Waals surface area contributed by atoms with Gasteiger partial charge >= 0.3 is 6.03 Å². The van der Waals surface area contributed by atoms with Crippen LogP contribution in [0.3, 0.4) is 0 Å². The third kappa shape index (κ3) is 2.97. The molecule has 8 heteroatoms. The number of rotatable bonds is 4. The van der Waals surface area contributed by atoms with E-state index in [1.807, 2.05) is 13.8 Å². The molecule has 1 aromatic rings. The minimum Gasteiger partial charge on any atom is -0.480 e. The summed E-state index contributed by atoms with van der Waals surface area (Å²) in [7, 11) is 3.04. The van der Waals surface area contributed by atoms with Crippen LogP contribution in [0.15, 0.2) is 12.3 Å². The lowest BCUT2D eigenvalue weighted by molar-refractivity contribution is -0.133. The van der Waals surface area contributed by atoms with Crippen molar-refractivity contribution in [2.24, 2.45) is 5.92 Å². The fourth-order valence-corrected chi connectivity index (χ4v) is 4.05. The summed E-state index contributed by atoms with van der Waals surface area (Å²) in [4.78, 5) is 34.7. The van der Waals surface area contributed by atoms with Gasteiger partial charge in [-0.2, -0.15) is 5.26 Å². The highest BCUT2D eigenvalue weighted by atomic mass is 16.5. The van der Waals surface area contributed by atoms with Crippen molar-refractivity contribution in [2.45, 2.75) is 32.2 Å². The topological polar surface area (TPSA) is 89.8 Å². The Labute approximate surface area is 159 Å². The predicted octanol–water partition coefficient (Wildman–Crippen LogP) is 1.85. The largest absolute Gasteiger partial charge is 0.480 e. The Morgan fingerprint density at radius 1 is 1.33 bits per heavy atom. The molecule has 1 spiro atoms. The standard InChI is InChI=1S/C19H25N5O3/c1-13(2)12-24-18(26)22(3)17(25)19(24)6-9-23(10-7-19)15-5-8-21-16(27-4)14(15)11-20/h5,8,13H,6-7,9-10,12H2,1-4H3. The molecule has 2 aliphatic rings. The number of hydrogen-bond acceptors (Lipinski definition) is 6. The molecule has 2 aliphatic heterocycles. The van der Waals surface area contributed by atoms with Crippen LogP contribution < -0.4 is 9.64 Å². The number of pyridine rings is 1. The number of nitriles is 1. The van der Waals surface area contributed by atoms with Gasteiger partial charge < -0.3 is 14.5 Å². The smallest absolute Gasteiger partial charge is 0.327 e. The summed E-state index contributed by atoms with van der Waals surface area (Å²) in [5.41, 5.74) is 0.358. The highest BCUT2D eigenvalue weighted by Gasteiger charge is 2.56. The summed E-state index contributed by atoms with van der Waals surface area (Å²) >= 11 is 0. The summed E-state index contributed by atoms with van der Waals surface area (Å²) in [5.74, 6) is 0.446. The normalized spacial score (nSPS) is 19.2. The number of carbonyl (C=O) groups is 2. The molecular weight excluding hydrogens is 346 g/mol. The van der Waals surface area contributed by atoms with Crippen molar-refractivity contribution in [1.29, 1.82) is 5.26 Å². The Hall–Kier alpha value is -2.82. The van der Waals surface area contributed by atoms with Crippen LogP contribution in [-0.4, -0.2) is 66.1 Å². The van der Waals surface area contributed by atoms with E-state index in [1.54, 1.807) is 24.2 Å². The Morgan fingerprint density at radius 2 is 2.00 bits per heavy atom. The lowest BCUT2D eigenvalue weighted by Crippen LogP contribution is -2.57. The van der Waals surface area contributed by atoms with Crippen LogP contribution in [0, 0.1) is 17.2 Å². The maximum Gasteiger partial charge on any atom is 0.327 e. The quantitative estimate of drug-likeness (QED) is 0.751. The van der Waals surface area contributed by atoms with Crippen LogP contribution in [0.5, 0.6) is 5.88 Å². The number of nitrogens with zero attached hydrogens (tertiary/aromatic N) is 5.